The molecule has 0 amide bonds. The van der Waals surface area contributed by atoms with Gasteiger partial charge in [-0.05, 0) is 34.5 Å². The van der Waals surface area contributed by atoms with Gasteiger partial charge in [0.15, 0.2) is 0 Å². The second-order valence-electron chi connectivity index (χ2n) is 4.43. The van der Waals surface area contributed by atoms with Gasteiger partial charge in [0.05, 0.1) is 6.10 Å². The van der Waals surface area contributed by atoms with E-state index in [0.717, 1.165) is 5.56 Å². The number of aromatic carboxylic acids is 1. The summed E-state index contributed by atoms with van der Waals surface area (Å²) < 4.78 is 5.45. The molecule has 2 aromatic rings. The van der Waals surface area contributed by atoms with Gasteiger partial charge in [0, 0.05) is 13.1 Å². The van der Waals surface area contributed by atoms with Gasteiger partial charge in [-0.3, -0.25) is 0 Å². The Bertz CT molecular complexity index is 571. The zero-order chi connectivity index (χ0) is 15.1. The molecule has 0 saturated carbocycles. The molecule has 0 bridgehead atoms. The van der Waals surface area contributed by atoms with E-state index < -0.39 is 12.1 Å². The number of carbonyl (C=O) groups is 1. The molecular weight excluding hydrogens is 290 g/mol. The predicted molar refractivity (Wildman–Crippen MR) is 81.0 cm³/mol. The van der Waals surface area contributed by atoms with Crippen LogP contribution in [0.3, 0.4) is 0 Å². The minimum Gasteiger partial charge on any atom is -0.491 e. The number of thiophene rings is 1. The maximum absolute atomic E-state index is 11.0. The topological polar surface area (TPSA) is 78.8 Å². The van der Waals surface area contributed by atoms with E-state index in [0.29, 0.717) is 25.4 Å². The van der Waals surface area contributed by atoms with E-state index in [2.05, 4.69) is 5.32 Å². The standard InChI is InChI=1S/C15H17NO4S/c17-13(11-5-8-21-10-11)9-16-6-7-20-14-4-2-1-3-12(14)15(18)19/h1-5,8,10,13,16-17H,6-7,9H2,(H,18,19). The third-order valence-electron chi connectivity index (χ3n) is 2.92. The molecule has 1 atom stereocenters. The Labute approximate surface area is 126 Å². The lowest BCUT2D eigenvalue weighted by molar-refractivity contribution is 0.0692. The predicted octanol–water partition coefficient (Wildman–Crippen LogP) is 2.15. The van der Waals surface area contributed by atoms with Crippen LogP contribution in [0.1, 0.15) is 22.0 Å². The van der Waals surface area contributed by atoms with Crippen LogP contribution in [0, 0.1) is 0 Å². The highest BCUT2D eigenvalue weighted by atomic mass is 32.1. The largest absolute Gasteiger partial charge is 0.491 e. The zero-order valence-corrected chi connectivity index (χ0v) is 12.2. The number of carboxylic acids is 1. The van der Waals surface area contributed by atoms with Crippen LogP contribution in [0.25, 0.3) is 0 Å². The Balaban J connectivity index is 1.72. The first-order valence-corrected chi connectivity index (χ1v) is 7.49. The second kappa shape index (κ2) is 7.78. The van der Waals surface area contributed by atoms with Crippen LogP contribution in [0.2, 0.25) is 0 Å². The zero-order valence-electron chi connectivity index (χ0n) is 11.4. The molecule has 21 heavy (non-hydrogen) atoms. The molecule has 6 heteroatoms. The molecule has 0 aliphatic heterocycles. The fourth-order valence-corrected chi connectivity index (χ4v) is 2.53. The van der Waals surface area contributed by atoms with E-state index in [4.69, 9.17) is 9.84 Å². The van der Waals surface area contributed by atoms with Gasteiger partial charge in [0.2, 0.25) is 0 Å². The number of aliphatic hydroxyl groups is 1. The first-order chi connectivity index (χ1) is 10.2. The average molecular weight is 307 g/mol. The molecule has 112 valence electrons. The van der Waals surface area contributed by atoms with Crippen LogP contribution in [-0.4, -0.2) is 35.9 Å². The van der Waals surface area contributed by atoms with Gasteiger partial charge in [0.25, 0.3) is 0 Å². The van der Waals surface area contributed by atoms with Crippen molar-refractivity contribution in [2.75, 3.05) is 19.7 Å². The molecule has 0 spiro atoms. The second-order valence-corrected chi connectivity index (χ2v) is 5.21. The maximum Gasteiger partial charge on any atom is 0.339 e. The van der Waals surface area contributed by atoms with Crippen molar-refractivity contribution < 1.29 is 19.7 Å². The fourth-order valence-electron chi connectivity index (χ4n) is 1.82. The first kappa shape index (κ1) is 15.5. The van der Waals surface area contributed by atoms with Gasteiger partial charge in [0.1, 0.15) is 17.9 Å². The number of nitrogens with one attached hydrogen (secondary N) is 1. The highest BCUT2D eigenvalue weighted by Crippen LogP contribution is 2.17. The van der Waals surface area contributed by atoms with Crippen molar-refractivity contribution >= 4 is 17.3 Å². The molecule has 5 nitrogen and oxygen atoms in total. The normalized spacial score (nSPS) is 12.0. The van der Waals surface area contributed by atoms with E-state index in [-0.39, 0.29) is 5.56 Å². The van der Waals surface area contributed by atoms with Gasteiger partial charge in [-0.2, -0.15) is 11.3 Å². The van der Waals surface area contributed by atoms with E-state index in [1.54, 1.807) is 29.5 Å². The molecule has 0 fully saturated rings. The Morgan fingerprint density at radius 1 is 1.33 bits per heavy atom. The van der Waals surface area contributed by atoms with E-state index in [9.17, 15) is 9.90 Å². The first-order valence-electron chi connectivity index (χ1n) is 6.54. The molecule has 3 N–H and O–H groups in total. The van der Waals surface area contributed by atoms with Gasteiger partial charge in [-0.25, -0.2) is 4.79 Å². The highest BCUT2D eigenvalue weighted by Gasteiger charge is 2.10. The summed E-state index contributed by atoms with van der Waals surface area (Å²) in [5, 5.41) is 25.8. The molecule has 0 saturated heterocycles. The number of rotatable bonds is 8. The van der Waals surface area contributed by atoms with Crippen molar-refractivity contribution in [1.29, 1.82) is 0 Å². The average Bonchev–Trinajstić information content (AvgIpc) is 3.01. The summed E-state index contributed by atoms with van der Waals surface area (Å²) in [6.07, 6.45) is -0.539. The molecule has 0 radical (unpaired) electrons. The van der Waals surface area contributed by atoms with Crippen molar-refractivity contribution in [3.8, 4) is 5.75 Å². The SMILES string of the molecule is O=C(O)c1ccccc1OCCNCC(O)c1ccsc1. The monoisotopic (exact) mass is 307 g/mol. The molecule has 0 aliphatic rings. The summed E-state index contributed by atoms with van der Waals surface area (Å²) in [6.45, 7) is 1.29. The van der Waals surface area contributed by atoms with Crippen LogP contribution in [0.5, 0.6) is 5.75 Å². The van der Waals surface area contributed by atoms with E-state index in [1.807, 2.05) is 16.8 Å². The Kier molecular flexibility index (Phi) is 5.74. The number of hydrogen-bond donors (Lipinski definition) is 3. The van der Waals surface area contributed by atoms with Crippen LogP contribution in [0.15, 0.2) is 41.1 Å². The molecule has 0 aliphatic carbocycles. The van der Waals surface area contributed by atoms with Crippen molar-refractivity contribution in [2.24, 2.45) is 0 Å². The quantitative estimate of drug-likeness (QED) is 0.651. The Morgan fingerprint density at radius 2 is 2.14 bits per heavy atom. The number of carboxylic acid groups (broad SMARTS) is 1. The lowest BCUT2D eigenvalue weighted by atomic mass is 10.2. The van der Waals surface area contributed by atoms with Gasteiger partial charge in [-0.15, -0.1) is 0 Å². The summed E-state index contributed by atoms with van der Waals surface area (Å²) in [5.74, 6) is -0.656. The third-order valence-corrected chi connectivity index (χ3v) is 3.62. The fraction of sp³-hybridized carbons (Fsp3) is 0.267. The summed E-state index contributed by atoms with van der Waals surface area (Å²) in [4.78, 5) is 11.0. The Morgan fingerprint density at radius 3 is 2.86 bits per heavy atom. The third kappa shape index (κ3) is 4.56. The van der Waals surface area contributed by atoms with Crippen molar-refractivity contribution in [2.45, 2.75) is 6.10 Å². The smallest absolute Gasteiger partial charge is 0.339 e. The molecule has 1 aromatic heterocycles. The van der Waals surface area contributed by atoms with Crippen LogP contribution in [-0.2, 0) is 0 Å². The minimum atomic E-state index is -1.01. The van der Waals surface area contributed by atoms with Gasteiger partial charge < -0.3 is 20.3 Å². The molecular formula is C15H17NO4S. The number of para-hydroxylation sites is 1. The van der Waals surface area contributed by atoms with Crippen LogP contribution < -0.4 is 10.1 Å². The molecule has 1 unspecified atom stereocenters. The van der Waals surface area contributed by atoms with E-state index >= 15 is 0 Å². The van der Waals surface area contributed by atoms with Gasteiger partial charge in [-0.1, -0.05) is 12.1 Å². The number of ether oxygens (including phenoxy) is 1. The Hall–Kier alpha value is -1.89. The highest BCUT2D eigenvalue weighted by molar-refractivity contribution is 7.07. The molecule has 2 rings (SSSR count). The van der Waals surface area contributed by atoms with Crippen LogP contribution in [0.4, 0.5) is 0 Å². The number of benzene rings is 1. The summed E-state index contributed by atoms with van der Waals surface area (Å²) in [6, 6.07) is 8.41. The lowest BCUT2D eigenvalue weighted by Crippen LogP contribution is -2.26. The maximum atomic E-state index is 11.0. The molecule has 1 heterocycles. The lowest BCUT2D eigenvalue weighted by Gasteiger charge is -2.12. The van der Waals surface area contributed by atoms with Crippen molar-refractivity contribution in [3.63, 3.8) is 0 Å². The summed E-state index contributed by atoms with van der Waals surface area (Å²) in [7, 11) is 0. The molecule has 1 aromatic carbocycles. The van der Waals surface area contributed by atoms with Crippen LogP contribution >= 0.6 is 11.3 Å². The summed E-state index contributed by atoms with van der Waals surface area (Å²) >= 11 is 1.55. The number of aliphatic hydroxyl groups excluding tert-OH is 1. The van der Waals surface area contributed by atoms with Gasteiger partial charge >= 0.3 is 5.97 Å². The minimum absolute atomic E-state index is 0.149. The van der Waals surface area contributed by atoms with E-state index in [1.165, 1.54) is 6.07 Å². The number of hydrogen-bond acceptors (Lipinski definition) is 5. The summed E-state index contributed by atoms with van der Waals surface area (Å²) in [5.41, 5.74) is 1.04. The van der Waals surface area contributed by atoms with Crippen molar-refractivity contribution in [1.82, 2.24) is 5.32 Å². The van der Waals surface area contributed by atoms with Crippen molar-refractivity contribution in [3.05, 3.63) is 52.2 Å².